The molecule has 6 nitrogen and oxygen atoms in total. The van der Waals surface area contributed by atoms with Crippen molar-refractivity contribution in [2.75, 3.05) is 31.1 Å². The van der Waals surface area contributed by atoms with Crippen LogP contribution in [-0.4, -0.2) is 47.8 Å². The maximum atomic E-state index is 11.5. The van der Waals surface area contributed by atoms with E-state index >= 15 is 0 Å². The van der Waals surface area contributed by atoms with Crippen LogP contribution < -0.4 is 4.90 Å². The first-order valence-corrected chi connectivity index (χ1v) is 8.16. The van der Waals surface area contributed by atoms with Crippen molar-refractivity contribution in [2.45, 2.75) is 32.2 Å². The third kappa shape index (κ3) is 2.80. The van der Waals surface area contributed by atoms with E-state index in [1.807, 2.05) is 0 Å². The quantitative estimate of drug-likeness (QED) is 0.487. The van der Waals surface area contributed by atoms with Gasteiger partial charge in [-0.3, -0.25) is 19.8 Å². The fraction of sp³-hybridized carbons (Fsp3) is 0.643. The van der Waals surface area contributed by atoms with Crippen LogP contribution in [0, 0.1) is 10.1 Å². The van der Waals surface area contributed by atoms with Gasteiger partial charge in [0.2, 0.25) is 0 Å². The molecule has 3 heterocycles. The number of ketones is 1. The predicted octanol–water partition coefficient (Wildman–Crippen LogP) is 2.53. The van der Waals surface area contributed by atoms with Gasteiger partial charge in [0.15, 0.2) is 10.8 Å². The molecule has 1 atom stereocenters. The number of hydrogen-bond donors (Lipinski definition) is 0. The average molecular weight is 309 g/mol. The van der Waals surface area contributed by atoms with E-state index in [0.29, 0.717) is 15.9 Å². The van der Waals surface area contributed by atoms with Crippen molar-refractivity contribution in [3.05, 3.63) is 21.1 Å². The average Bonchev–Trinajstić information content (AvgIpc) is 3.01. The van der Waals surface area contributed by atoms with Gasteiger partial charge in [-0.15, -0.1) is 11.3 Å². The summed E-state index contributed by atoms with van der Waals surface area (Å²) in [7, 11) is 0. The van der Waals surface area contributed by atoms with Gasteiger partial charge in [-0.1, -0.05) is 0 Å². The summed E-state index contributed by atoms with van der Waals surface area (Å²) in [6, 6.07) is 1.93. The van der Waals surface area contributed by atoms with Gasteiger partial charge in [-0.05, 0) is 32.7 Å². The predicted molar refractivity (Wildman–Crippen MR) is 82.4 cm³/mol. The van der Waals surface area contributed by atoms with Gasteiger partial charge in [-0.2, -0.15) is 0 Å². The van der Waals surface area contributed by atoms with Gasteiger partial charge in [0, 0.05) is 31.7 Å². The topological polar surface area (TPSA) is 66.7 Å². The van der Waals surface area contributed by atoms with E-state index in [0.717, 1.165) is 39.0 Å². The number of carbonyl (C=O) groups excluding carboxylic acids is 1. The van der Waals surface area contributed by atoms with Gasteiger partial charge in [-0.25, -0.2) is 0 Å². The number of fused-ring (bicyclic) bond motifs is 1. The van der Waals surface area contributed by atoms with Crippen molar-refractivity contribution in [1.82, 2.24) is 4.90 Å². The minimum Gasteiger partial charge on any atom is -0.356 e. The van der Waals surface area contributed by atoms with Gasteiger partial charge < -0.3 is 4.90 Å². The number of Topliss-reactive ketones (excluding diaryl/α,β-unsaturated/α-hetero) is 1. The zero-order valence-corrected chi connectivity index (χ0v) is 12.9. The van der Waals surface area contributed by atoms with Gasteiger partial charge in [0.05, 0.1) is 9.80 Å². The Bertz CT molecular complexity index is 572. The van der Waals surface area contributed by atoms with E-state index in [-0.39, 0.29) is 16.4 Å². The Hall–Kier alpha value is -1.47. The molecule has 0 aromatic carbocycles. The van der Waals surface area contributed by atoms with Crippen molar-refractivity contribution in [1.29, 1.82) is 0 Å². The molecule has 7 heteroatoms. The maximum Gasteiger partial charge on any atom is 0.304 e. The van der Waals surface area contributed by atoms with Crippen LogP contribution in [-0.2, 0) is 0 Å². The van der Waals surface area contributed by atoms with Crippen molar-refractivity contribution < 1.29 is 9.72 Å². The Morgan fingerprint density at radius 1 is 1.38 bits per heavy atom. The molecule has 0 aliphatic carbocycles. The molecule has 1 unspecified atom stereocenters. The van der Waals surface area contributed by atoms with Crippen molar-refractivity contribution in [3.63, 3.8) is 0 Å². The first kappa shape index (κ1) is 14.5. The zero-order chi connectivity index (χ0) is 15.0. The highest BCUT2D eigenvalue weighted by Gasteiger charge is 2.32. The van der Waals surface area contributed by atoms with Crippen molar-refractivity contribution >= 4 is 27.8 Å². The van der Waals surface area contributed by atoms with E-state index in [9.17, 15) is 14.9 Å². The molecule has 21 heavy (non-hydrogen) atoms. The summed E-state index contributed by atoms with van der Waals surface area (Å²) in [4.78, 5) is 27.5. The second-order valence-corrected chi connectivity index (χ2v) is 6.78. The Balaban J connectivity index is 1.91. The lowest BCUT2D eigenvalue weighted by atomic mass is 10.2. The van der Waals surface area contributed by atoms with Crippen LogP contribution >= 0.6 is 11.3 Å². The molecule has 2 fully saturated rings. The molecule has 1 aromatic heterocycles. The second-order valence-electron chi connectivity index (χ2n) is 5.75. The van der Waals surface area contributed by atoms with Crippen LogP contribution in [0.5, 0.6) is 0 Å². The van der Waals surface area contributed by atoms with Crippen molar-refractivity contribution in [2.24, 2.45) is 0 Å². The third-order valence-corrected chi connectivity index (χ3v) is 5.61. The molecular formula is C14H19N3O3S. The standard InChI is InChI=1S/C14H19N3O3S/c1-10(18)13-8-12(17(19)20)14(21-13)16-7-3-6-15-5-2-4-11(15)9-16/h8,11H,2-7,9H2,1H3. The van der Waals surface area contributed by atoms with Crippen LogP contribution in [0.25, 0.3) is 0 Å². The lowest BCUT2D eigenvalue weighted by Crippen LogP contribution is -2.36. The third-order valence-electron chi connectivity index (χ3n) is 4.33. The second kappa shape index (κ2) is 5.73. The van der Waals surface area contributed by atoms with Crippen LogP contribution in [0.15, 0.2) is 6.07 Å². The minimum absolute atomic E-state index is 0.0802. The summed E-state index contributed by atoms with van der Waals surface area (Å²) in [6.07, 6.45) is 3.39. The molecule has 3 rings (SSSR count). The molecule has 2 saturated heterocycles. The first-order valence-electron chi connectivity index (χ1n) is 7.34. The van der Waals surface area contributed by atoms with Gasteiger partial charge >= 0.3 is 5.69 Å². The summed E-state index contributed by atoms with van der Waals surface area (Å²) in [5.41, 5.74) is 0.0802. The molecule has 0 bridgehead atoms. The summed E-state index contributed by atoms with van der Waals surface area (Å²) in [5.74, 6) is -0.105. The number of carbonyl (C=O) groups is 1. The normalized spacial score (nSPS) is 22.9. The molecule has 2 aliphatic heterocycles. The molecular weight excluding hydrogens is 290 g/mol. The number of anilines is 1. The fourth-order valence-corrected chi connectivity index (χ4v) is 4.35. The summed E-state index contributed by atoms with van der Waals surface area (Å²) in [5, 5.41) is 11.9. The lowest BCUT2D eigenvalue weighted by Gasteiger charge is -2.25. The molecule has 0 N–H and O–H groups in total. The van der Waals surface area contributed by atoms with E-state index < -0.39 is 0 Å². The maximum absolute atomic E-state index is 11.5. The molecule has 1 aromatic rings. The van der Waals surface area contributed by atoms with E-state index in [1.165, 1.54) is 30.7 Å². The highest BCUT2D eigenvalue weighted by atomic mass is 32.1. The number of rotatable bonds is 3. The number of nitrogens with zero attached hydrogens (tertiary/aromatic N) is 3. The largest absolute Gasteiger partial charge is 0.356 e. The van der Waals surface area contributed by atoms with E-state index in [4.69, 9.17) is 0 Å². The van der Waals surface area contributed by atoms with Crippen LogP contribution in [0.4, 0.5) is 10.7 Å². The Kier molecular flexibility index (Phi) is 3.95. The molecule has 0 radical (unpaired) electrons. The molecule has 0 spiro atoms. The highest BCUT2D eigenvalue weighted by molar-refractivity contribution is 7.18. The summed E-state index contributed by atoms with van der Waals surface area (Å²) in [6.45, 7) is 5.33. The van der Waals surface area contributed by atoms with Gasteiger partial charge in [0.1, 0.15) is 0 Å². The SMILES string of the molecule is CC(=O)c1cc([N+](=O)[O-])c(N2CCCN3CCCC3C2)s1. The molecule has 0 amide bonds. The number of hydrogen-bond acceptors (Lipinski definition) is 6. The Labute approximate surface area is 127 Å². The highest BCUT2D eigenvalue weighted by Crippen LogP contribution is 2.39. The molecule has 2 aliphatic rings. The van der Waals surface area contributed by atoms with Crippen LogP contribution in [0.1, 0.15) is 35.9 Å². The Morgan fingerprint density at radius 2 is 2.14 bits per heavy atom. The minimum atomic E-state index is -0.365. The van der Waals surface area contributed by atoms with Crippen LogP contribution in [0.2, 0.25) is 0 Å². The Morgan fingerprint density at radius 3 is 2.86 bits per heavy atom. The fourth-order valence-electron chi connectivity index (χ4n) is 3.29. The molecule has 0 saturated carbocycles. The smallest absolute Gasteiger partial charge is 0.304 e. The first-order chi connectivity index (χ1) is 10.1. The van der Waals surface area contributed by atoms with Gasteiger partial charge in [0.25, 0.3) is 0 Å². The summed E-state index contributed by atoms with van der Waals surface area (Å²) >= 11 is 1.26. The van der Waals surface area contributed by atoms with Crippen LogP contribution in [0.3, 0.4) is 0 Å². The number of nitro groups is 1. The molecule has 114 valence electrons. The zero-order valence-electron chi connectivity index (χ0n) is 12.1. The van der Waals surface area contributed by atoms with E-state index in [1.54, 1.807) is 0 Å². The summed E-state index contributed by atoms with van der Waals surface area (Å²) < 4.78 is 0. The number of thiophene rings is 1. The lowest BCUT2D eigenvalue weighted by molar-refractivity contribution is -0.383. The monoisotopic (exact) mass is 309 g/mol. The van der Waals surface area contributed by atoms with E-state index in [2.05, 4.69) is 9.80 Å². The van der Waals surface area contributed by atoms with Crippen molar-refractivity contribution in [3.8, 4) is 0 Å².